The first kappa shape index (κ1) is 17.7. The van der Waals surface area contributed by atoms with Gasteiger partial charge in [0.15, 0.2) is 0 Å². The highest BCUT2D eigenvalue weighted by atomic mass is 127. The van der Waals surface area contributed by atoms with E-state index in [1.807, 2.05) is 54.6 Å². The highest BCUT2D eigenvalue weighted by Gasteiger charge is 2.28. The summed E-state index contributed by atoms with van der Waals surface area (Å²) in [5.41, 5.74) is 0.957. The third-order valence-corrected chi connectivity index (χ3v) is 5.25. The zero-order valence-electron chi connectivity index (χ0n) is 13.2. The van der Waals surface area contributed by atoms with E-state index in [1.165, 1.54) is 4.68 Å². The van der Waals surface area contributed by atoms with Crippen LogP contribution in [0.1, 0.15) is 6.92 Å². The fourth-order valence-corrected chi connectivity index (χ4v) is 3.36. The van der Waals surface area contributed by atoms with E-state index >= 15 is 0 Å². The molecule has 128 valence electrons. The second-order valence-corrected chi connectivity index (χ2v) is 7.79. The molecule has 0 aliphatic carbocycles. The van der Waals surface area contributed by atoms with Crippen LogP contribution in [0.5, 0.6) is 0 Å². The Morgan fingerprint density at radius 3 is 2.56 bits per heavy atom. The number of carbonyl (C=O) groups excluding carboxylic acids is 1. The first-order valence-corrected chi connectivity index (χ1v) is 9.42. The molecule has 3 aromatic rings. The van der Waals surface area contributed by atoms with E-state index in [0.29, 0.717) is 5.03 Å². The van der Waals surface area contributed by atoms with Crippen LogP contribution in [-0.2, 0) is 4.79 Å². The van der Waals surface area contributed by atoms with E-state index in [2.05, 4.69) is 33.2 Å². The maximum atomic E-state index is 12.4. The van der Waals surface area contributed by atoms with Crippen molar-refractivity contribution in [2.75, 3.05) is 5.32 Å². The topological polar surface area (TPSA) is 79.0 Å². The summed E-state index contributed by atoms with van der Waals surface area (Å²) in [6.45, 7) is 1.74. The van der Waals surface area contributed by atoms with Gasteiger partial charge >= 0.3 is 10.7 Å². The fourth-order valence-electron chi connectivity index (χ4n) is 2.11. The zero-order valence-corrected chi connectivity index (χ0v) is 16.2. The van der Waals surface area contributed by atoms with Gasteiger partial charge in [-0.15, -0.1) is 0 Å². The van der Waals surface area contributed by atoms with Crippen molar-refractivity contribution in [2.45, 2.75) is 17.2 Å². The lowest BCUT2D eigenvalue weighted by Crippen LogP contribution is -2.37. The number of thioether (sulfide) groups is 1. The Bertz CT molecular complexity index is 922. The number of hydrogen-bond acceptors (Lipinski definition) is 4. The van der Waals surface area contributed by atoms with Gasteiger partial charge in [-0.05, 0) is 75.5 Å². The van der Waals surface area contributed by atoms with Gasteiger partial charge in [0.05, 0.1) is 5.25 Å². The highest BCUT2D eigenvalue weighted by Crippen LogP contribution is 2.20. The molecular formula is C17H15IN3O3S+. The number of hydrogen-bond donors (Lipinski definition) is 2. The second-order valence-electron chi connectivity index (χ2n) is 5.21. The van der Waals surface area contributed by atoms with E-state index < -0.39 is 10.9 Å². The molecule has 0 aliphatic rings. The Labute approximate surface area is 161 Å². The molecule has 0 saturated carbocycles. The summed E-state index contributed by atoms with van der Waals surface area (Å²) in [5, 5.41) is 5.25. The summed E-state index contributed by atoms with van der Waals surface area (Å²) < 4.78 is 7.51. The number of rotatable bonds is 5. The molecule has 0 aliphatic heterocycles. The average molecular weight is 468 g/mol. The summed E-state index contributed by atoms with van der Waals surface area (Å²) >= 11 is 3.34. The molecule has 1 aromatic heterocycles. The second kappa shape index (κ2) is 7.87. The van der Waals surface area contributed by atoms with Crippen LogP contribution in [0.25, 0.3) is 5.69 Å². The van der Waals surface area contributed by atoms with E-state index in [0.717, 1.165) is 26.7 Å². The number of aromatic nitrogens is 2. The van der Waals surface area contributed by atoms with Crippen LogP contribution in [0.2, 0.25) is 0 Å². The third kappa shape index (κ3) is 4.31. The molecule has 2 aromatic carbocycles. The zero-order chi connectivity index (χ0) is 17.8. The maximum Gasteiger partial charge on any atom is 0.442 e. The number of carbonyl (C=O) groups is 1. The number of H-pyrrole nitrogens is 1. The predicted octanol–water partition coefficient (Wildman–Crippen LogP) is 2.97. The molecule has 1 heterocycles. The van der Waals surface area contributed by atoms with Crippen molar-refractivity contribution in [1.29, 1.82) is 0 Å². The van der Waals surface area contributed by atoms with E-state index in [1.54, 1.807) is 6.92 Å². The number of aromatic amines is 1. The largest absolute Gasteiger partial charge is 0.442 e. The summed E-state index contributed by atoms with van der Waals surface area (Å²) in [6.07, 6.45) is 0. The Morgan fingerprint density at radius 1 is 1.20 bits per heavy atom. The molecule has 0 bridgehead atoms. The monoisotopic (exact) mass is 468 g/mol. The Hall–Kier alpha value is -2.07. The van der Waals surface area contributed by atoms with Crippen molar-refractivity contribution in [1.82, 2.24) is 5.27 Å². The Balaban J connectivity index is 1.76. The molecule has 0 radical (unpaired) electrons. The number of amides is 1. The number of anilines is 1. The van der Waals surface area contributed by atoms with Gasteiger partial charge < -0.3 is 5.32 Å². The molecular weight excluding hydrogens is 453 g/mol. The number of nitrogens with zero attached hydrogens (tertiary/aromatic N) is 1. The molecule has 1 amide bonds. The molecule has 2 N–H and O–H groups in total. The summed E-state index contributed by atoms with van der Waals surface area (Å²) in [6, 6.07) is 16.8. The average Bonchev–Trinajstić information content (AvgIpc) is 2.98. The van der Waals surface area contributed by atoms with Crippen molar-refractivity contribution in [3.05, 3.63) is 68.6 Å². The molecule has 3 rings (SSSR count). The molecule has 1 atom stereocenters. The lowest BCUT2D eigenvalue weighted by Gasteiger charge is -2.09. The molecule has 25 heavy (non-hydrogen) atoms. The maximum absolute atomic E-state index is 12.4. The van der Waals surface area contributed by atoms with Crippen molar-refractivity contribution in [3.8, 4) is 5.69 Å². The van der Waals surface area contributed by atoms with Crippen LogP contribution in [-0.4, -0.2) is 16.4 Å². The number of nitrogens with one attached hydrogen (secondary N) is 2. The normalized spacial score (nSPS) is 11.9. The van der Waals surface area contributed by atoms with Crippen molar-refractivity contribution in [3.63, 3.8) is 0 Å². The van der Waals surface area contributed by atoms with Crippen molar-refractivity contribution in [2.24, 2.45) is 0 Å². The van der Waals surface area contributed by atoms with E-state index in [-0.39, 0.29) is 5.91 Å². The SMILES string of the molecule is CC(Sc1c(=O)o[nH][n+]1-c1ccccc1)C(=O)Nc1ccc(I)cc1. The summed E-state index contributed by atoms with van der Waals surface area (Å²) in [7, 11) is 0. The Morgan fingerprint density at radius 2 is 1.88 bits per heavy atom. The predicted molar refractivity (Wildman–Crippen MR) is 104 cm³/mol. The summed E-state index contributed by atoms with van der Waals surface area (Å²) in [4.78, 5) is 24.4. The van der Waals surface area contributed by atoms with Gasteiger partial charge in [-0.1, -0.05) is 18.2 Å². The van der Waals surface area contributed by atoms with E-state index in [4.69, 9.17) is 4.52 Å². The first-order chi connectivity index (χ1) is 12.0. The van der Waals surface area contributed by atoms with Gasteiger partial charge in [0.25, 0.3) is 0 Å². The van der Waals surface area contributed by atoms with Gasteiger partial charge in [-0.2, -0.15) is 0 Å². The van der Waals surface area contributed by atoms with Gasteiger partial charge in [0, 0.05) is 21.4 Å². The smallest absolute Gasteiger partial charge is 0.325 e. The first-order valence-electron chi connectivity index (χ1n) is 7.46. The lowest BCUT2D eigenvalue weighted by molar-refractivity contribution is -0.704. The number of halogens is 1. The molecule has 8 heteroatoms. The molecule has 0 fully saturated rings. The van der Waals surface area contributed by atoms with Crippen LogP contribution in [0.4, 0.5) is 5.69 Å². The van der Waals surface area contributed by atoms with Crippen LogP contribution >= 0.6 is 34.4 Å². The van der Waals surface area contributed by atoms with Crippen molar-refractivity contribution >= 4 is 45.9 Å². The fraction of sp³-hybridized carbons (Fsp3) is 0.118. The molecule has 6 nitrogen and oxygen atoms in total. The minimum atomic E-state index is -0.511. The molecule has 1 unspecified atom stereocenters. The van der Waals surface area contributed by atoms with Gasteiger partial charge in [-0.25, -0.2) is 4.79 Å². The quantitative estimate of drug-likeness (QED) is 0.343. The van der Waals surface area contributed by atoms with Crippen LogP contribution in [0.15, 0.2) is 68.9 Å². The molecule has 0 spiro atoms. The number of para-hydroxylation sites is 1. The minimum absolute atomic E-state index is 0.189. The number of benzene rings is 2. The minimum Gasteiger partial charge on any atom is -0.325 e. The third-order valence-electron chi connectivity index (χ3n) is 3.39. The summed E-state index contributed by atoms with van der Waals surface area (Å²) in [5.74, 6) is -0.189. The van der Waals surface area contributed by atoms with Gasteiger partial charge in [0.2, 0.25) is 11.6 Å². The van der Waals surface area contributed by atoms with Crippen LogP contribution in [0.3, 0.4) is 0 Å². The van der Waals surface area contributed by atoms with Gasteiger partial charge in [-0.3, -0.25) is 9.32 Å². The van der Waals surface area contributed by atoms with Crippen LogP contribution < -0.4 is 15.6 Å². The van der Waals surface area contributed by atoms with Crippen molar-refractivity contribution < 1.29 is 14.0 Å². The Kier molecular flexibility index (Phi) is 5.59. The lowest BCUT2D eigenvalue weighted by atomic mass is 10.3. The van der Waals surface area contributed by atoms with Gasteiger partial charge in [0.1, 0.15) is 0 Å². The van der Waals surface area contributed by atoms with E-state index in [9.17, 15) is 9.59 Å². The van der Waals surface area contributed by atoms with Crippen LogP contribution in [0, 0.1) is 3.57 Å². The molecule has 0 saturated heterocycles. The highest BCUT2D eigenvalue weighted by molar-refractivity contribution is 14.1. The standard InChI is InChI=1S/C17H14IN3O3S/c1-11(15(22)19-13-9-7-12(18)8-10-13)25-16-17(23)24-20-21(16)14-5-3-2-4-6-14/h2-11H,1H3,(H-,19,20,22,23)/p+1.